The molecule has 1 heterocycles. The molecule has 3 nitrogen and oxygen atoms in total. The molecule has 3 N–H and O–H groups in total. The van der Waals surface area contributed by atoms with Gasteiger partial charge in [0.1, 0.15) is 11.5 Å². The van der Waals surface area contributed by atoms with Gasteiger partial charge in [-0.2, -0.15) is 0 Å². The molecular weight excluding hydrogens is 281 g/mol. The Morgan fingerprint density at radius 1 is 1.54 bits per heavy atom. The van der Waals surface area contributed by atoms with Gasteiger partial charge in [0.05, 0.1) is 10.2 Å². The highest BCUT2D eigenvalue weighted by molar-refractivity contribution is 14.1. The van der Waals surface area contributed by atoms with E-state index >= 15 is 0 Å². The predicted octanol–water partition coefficient (Wildman–Crippen LogP) is 1.78. The average molecular weight is 291 g/mol. The first-order chi connectivity index (χ1) is 6.18. The maximum Gasteiger partial charge on any atom is 0.129 e. The quantitative estimate of drug-likeness (QED) is 0.716. The van der Waals surface area contributed by atoms with Crippen molar-refractivity contribution < 1.29 is 9.84 Å². The molecule has 0 radical (unpaired) electrons. The summed E-state index contributed by atoms with van der Waals surface area (Å²) >= 11 is 2.07. The molecule has 0 amide bonds. The Morgan fingerprint density at radius 2 is 2.31 bits per heavy atom. The lowest BCUT2D eigenvalue weighted by atomic mass is 10.0. The van der Waals surface area contributed by atoms with Crippen molar-refractivity contribution in [1.29, 1.82) is 0 Å². The normalized spacial score (nSPS) is 20.6. The number of hydrogen-bond donors (Lipinski definition) is 2. The number of phenolic OH excluding ortho intramolecular Hbond substituents is 1. The van der Waals surface area contributed by atoms with Gasteiger partial charge in [0.2, 0.25) is 0 Å². The second-order valence-electron chi connectivity index (χ2n) is 3.09. The van der Waals surface area contributed by atoms with Crippen molar-refractivity contribution in [3.05, 3.63) is 21.3 Å². The van der Waals surface area contributed by atoms with Gasteiger partial charge in [0, 0.05) is 18.0 Å². The zero-order valence-electron chi connectivity index (χ0n) is 6.96. The standard InChI is InChI=1S/C9H10INO2/c10-6-4-9-5(3-8(6)12)7(11)1-2-13-9/h3-4,7,12H,1-2,11H2. The lowest BCUT2D eigenvalue weighted by Gasteiger charge is -2.23. The van der Waals surface area contributed by atoms with E-state index in [1.165, 1.54) is 0 Å². The monoisotopic (exact) mass is 291 g/mol. The highest BCUT2D eigenvalue weighted by Crippen LogP contribution is 2.35. The van der Waals surface area contributed by atoms with Crippen LogP contribution in [0.5, 0.6) is 11.5 Å². The molecule has 0 saturated carbocycles. The predicted molar refractivity (Wildman–Crippen MR) is 57.9 cm³/mol. The Bertz CT molecular complexity index is 341. The van der Waals surface area contributed by atoms with Gasteiger partial charge in [-0.25, -0.2) is 0 Å². The zero-order valence-corrected chi connectivity index (χ0v) is 9.11. The molecule has 1 aliphatic heterocycles. The summed E-state index contributed by atoms with van der Waals surface area (Å²) in [4.78, 5) is 0. The van der Waals surface area contributed by atoms with E-state index in [0.29, 0.717) is 6.61 Å². The van der Waals surface area contributed by atoms with E-state index in [2.05, 4.69) is 22.6 Å². The fourth-order valence-electron chi connectivity index (χ4n) is 1.43. The number of rotatable bonds is 0. The average Bonchev–Trinajstić information content (AvgIpc) is 2.09. The molecule has 0 aromatic heterocycles. The second kappa shape index (κ2) is 3.34. The Kier molecular flexibility index (Phi) is 2.33. The topological polar surface area (TPSA) is 55.5 Å². The van der Waals surface area contributed by atoms with Crippen molar-refractivity contribution in [1.82, 2.24) is 0 Å². The third-order valence-electron chi connectivity index (χ3n) is 2.17. The van der Waals surface area contributed by atoms with E-state index in [4.69, 9.17) is 10.5 Å². The molecule has 0 bridgehead atoms. The van der Waals surface area contributed by atoms with Crippen LogP contribution in [0.25, 0.3) is 0 Å². The molecule has 13 heavy (non-hydrogen) atoms. The van der Waals surface area contributed by atoms with E-state index in [0.717, 1.165) is 21.3 Å². The van der Waals surface area contributed by atoms with Crippen LogP contribution in [0.4, 0.5) is 0 Å². The van der Waals surface area contributed by atoms with Crippen molar-refractivity contribution in [3.63, 3.8) is 0 Å². The Morgan fingerprint density at radius 3 is 3.08 bits per heavy atom. The largest absolute Gasteiger partial charge is 0.507 e. The van der Waals surface area contributed by atoms with Crippen molar-refractivity contribution in [2.24, 2.45) is 5.73 Å². The summed E-state index contributed by atoms with van der Waals surface area (Å²) in [6, 6.07) is 3.51. The Labute approximate surface area is 90.0 Å². The lowest BCUT2D eigenvalue weighted by Crippen LogP contribution is -2.20. The van der Waals surface area contributed by atoms with Gasteiger partial charge in [-0.3, -0.25) is 0 Å². The molecule has 1 aromatic carbocycles. The molecule has 0 spiro atoms. The summed E-state index contributed by atoms with van der Waals surface area (Å²) < 4.78 is 6.23. The SMILES string of the molecule is NC1CCOc2cc(I)c(O)cc21. The van der Waals surface area contributed by atoms with Crippen molar-refractivity contribution in [2.75, 3.05) is 6.61 Å². The maximum atomic E-state index is 9.47. The van der Waals surface area contributed by atoms with E-state index in [-0.39, 0.29) is 11.8 Å². The molecule has 1 unspecified atom stereocenters. The Hall–Kier alpha value is -0.490. The summed E-state index contributed by atoms with van der Waals surface area (Å²) in [5.74, 6) is 1.08. The third-order valence-corrected chi connectivity index (χ3v) is 3.03. The van der Waals surface area contributed by atoms with Crippen LogP contribution < -0.4 is 10.5 Å². The smallest absolute Gasteiger partial charge is 0.129 e. The van der Waals surface area contributed by atoms with E-state index in [9.17, 15) is 5.11 Å². The highest BCUT2D eigenvalue weighted by Gasteiger charge is 2.19. The van der Waals surface area contributed by atoms with Crippen molar-refractivity contribution in [2.45, 2.75) is 12.5 Å². The summed E-state index contributed by atoms with van der Waals surface area (Å²) in [5, 5.41) is 9.47. The fourth-order valence-corrected chi connectivity index (χ4v) is 1.86. The van der Waals surface area contributed by atoms with Gasteiger partial charge in [-0.05, 0) is 34.7 Å². The van der Waals surface area contributed by atoms with Crippen LogP contribution >= 0.6 is 22.6 Å². The zero-order chi connectivity index (χ0) is 9.42. The van der Waals surface area contributed by atoms with Gasteiger partial charge in [-0.1, -0.05) is 0 Å². The molecule has 0 saturated heterocycles. The number of nitrogens with two attached hydrogens (primary N) is 1. The summed E-state index contributed by atoms with van der Waals surface area (Å²) in [7, 11) is 0. The minimum absolute atomic E-state index is 0.00773. The van der Waals surface area contributed by atoms with E-state index in [1.54, 1.807) is 6.07 Å². The van der Waals surface area contributed by atoms with Crippen LogP contribution in [0.3, 0.4) is 0 Å². The first-order valence-corrected chi connectivity index (χ1v) is 5.17. The van der Waals surface area contributed by atoms with Crippen LogP contribution in [0, 0.1) is 3.57 Å². The summed E-state index contributed by atoms with van der Waals surface area (Å²) in [6.07, 6.45) is 0.813. The van der Waals surface area contributed by atoms with Gasteiger partial charge in [0.25, 0.3) is 0 Å². The lowest BCUT2D eigenvalue weighted by molar-refractivity contribution is 0.268. The van der Waals surface area contributed by atoms with Crippen LogP contribution in [0.2, 0.25) is 0 Å². The van der Waals surface area contributed by atoms with Gasteiger partial charge >= 0.3 is 0 Å². The maximum absolute atomic E-state index is 9.47. The molecule has 2 rings (SSSR count). The van der Waals surface area contributed by atoms with Crippen LogP contribution in [0.15, 0.2) is 12.1 Å². The van der Waals surface area contributed by atoms with Crippen LogP contribution in [-0.4, -0.2) is 11.7 Å². The van der Waals surface area contributed by atoms with Crippen molar-refractivity contribution >= 4 is 22.6 Å². The van der Waals surface area contributed by atoms with E-state index in [1.807, 2.05) is 6.07 Å². The van der Waals surface area contributed by atoms with Crippen LogP contribution in [0.1, 0.15) is 18.0 Å². The summed E-state index contributed by atoms with van der Waals surface area (Å²) in [6.45, 7) is 0.662. The minimum Gasteiger partial charge on any atom is -0.507 e. The summed E-state index contributed by atoms with van der Waals surface area (Å²) in [5.41, 5.74) is 6.78. The van der Waals surface area contributed by atoms with Gasteiger partial charge in [0.15, 0.2) is 0 Å². The molecule has 1 aliphatic rings. The number of benzene rings is 1. The molecule has 70 valence electrons. The van der Waals surface area contributed by atoms with Crippen molar-refractivity contribution in [3.8, 4) is 11.5 Å². The van der Waals surface area contributed by atoms with E-state index < -0.39 is 0 Å². The second-order valence-corrected chi connectivity index (χ2v) is 4.25. The minimum atomic E-state index is -0.00773. The number of hydrogen-bond acceptors (Lipinski definition) is 3. The van der Waals surface area contributed by atoms with Gasteiger partial charge in [-0.15, -0.1) is 0 Å². The van der Waals surface area contributed by atoms with Crippen LogP contribution in [-0.2, 0) is 0 Å². The molecular formula is C9H10INO2. The number of halogens is 1. The Balaban J connectivity index is 2.52. The molecule has 0 aliphatic carbocycles. The molecule has 4 heteroatoms. The third kappa shape index (κ3) is 1.60. The van der Waals surface area contributed by atoms with Gasteiger partial charge < -0.3 is 15.6 Å². The first kappa shape index (κ1) is 9.08. The molecule has 1 aromatic rings. The number of fused-ring (bicyclic) bond motifs is 1. The fraction of sp³-hybridized carbons (Fsp3) is 0.333. The highest BCUT2D eigenvalue weighted by atomic mass is 127. The number of phenols is 1. The number of ether oxygens (including phenoxy) is 1. The first-order valence-electron chi connectivity index (χ1n) is 4.09. The molecule has 1 atom stereocenters. The number of aromatic hydroxyl groups is 1. The molecule has 0 fully saturated rings.